The lowest BCUT2D eigenvalue weighted by Gasteiger charge is -2.24. The van der Waals surface area contributed by atoms with E-state index >= 15 is 0 Å². The van der Waals surface area contributed by atoms with Crippen molar-refractivity contribution in [2.45, 2.75) is 11.8 Å². The molecule has 2 amide bonds. The molecule has 1 aliphatic heterocycles. The Hall–Kier alpha value is -2.27. The third-order valence-corrected chi connectivity index (χ3v) is 4.62. The molecule has 0 saturated carbocycles. The molecule has 0 bridgehead atoms. The van der Waals surface area contributed by atoms with Gasteiger partial charge in [0.2, 0.25) is 5.91 Å². The Bertz CT molecular complexity index is 661. The molecule has 1 N–H and O–H groups in total. The van der Waals surface area contributed by atoms with Crippen LogP contribution >= 0.6 is 11.8 Å². The Morgan fingerprint density at radius 3 is 2.41 bits per heavy atom. The minimum Gasteiger partial charge on any atom is -0.273 e. The summed E-state index contributed by atoms with van der Waals surface area (Å²) >= 11 is 1.52. The number of hydrogen-bond acceptors (Lipinski definition) is 3. The van der Waals surface area contributed by atoms with Crippen LogP contribution in [0.2, 0.25) is 0 Å². The van der Waals surface area contributed by atoms with Crippen molar-refractivity contribution in [3.63, 3.8) is 0 Å². The quantitative estimate of drug-likeness (QED) is 0.944. The van der Waals surface area contributed by atoms with Crippen LogP contribution in [0.1, 0.15) is 16.5 Å². The molecule has 1 atom stereocenters. The summed E-state index contributed by atoms with van der Waals surface area (Å²) < 4.78 is 0. The highest BCUT2D eigenvalue weighted by atomic mass is 32.2. The van der Waals surface area contributed by atoms with E-state index in [1.165, 1.54) is 16.8 Å². The standard InChI is InChI=1S/C17H16N2O2S/c20-15(11-13-7-3-1-4-8-13)18-19-16(21)12-22-17(19)14-9-5-2-6-10-14/h1-10,17H,11-12H2,(H,18,20). The zero-order valence-corrected chi connectivity index (χ0v) is 12.8. The first kappa shape index (κ1) is 14.7. The molecule has 1 aliphatic rings. The number of rotatable bonds is 4. The van der Waals surface area contributed by atoms with E-state index in [0.717, 1.165) is 11.1 Å². The van der Waals surface area contributed by atoms with E-state index in [1.54, 1.807) is 0 Å². The van der Waals surface area contributed by atoms with Crippen molar-refractivity contribution in [1.82, 2.24) is 10.4 Å². The van der Waals surface area contributed by atoms with Crippen LogP contribution in [0.5, 0.6) is 0 Å². The zero-order chi connectivity index (χ0) is 15.4. The van der Waals surface area contributed by atoms with E-state index < -0.39 is 0 Å². The summed E-state index contributed by atoms with van der Waals surface area (Å²) in [5, 5.41) is 1.29. The lowest BCUT2D eigenvalue weighted by Crippen LogP contribution is -2.45. The van der Waals surface area contributed by atoms with Crippen molar-refractivity contribution in [3.05, 3.63) is 71.8 Å². The number of nitrogens with zero attached hydrogens (tertiary/aromatic N) is 1. The molecule has 112 valence electrons. The van der Waals surface area contributed by atoms with Gasteiger partial charge < -0.3 is 0 Å². The van der Waals surface area contributed by atoms with Crippen molar-refractivity contribution in [2.75, 3.05) is 5.75 Å². The third-order valence-electron chi connectivity index (χ3n) is 3.41. The molecular formula is C17H16N2O2S. The second-order valence-electron chi connectivity index (χ2n) is 5.04. The summed E-state index contributed by atoms with van der Waals surface area (Å²) in [6.45, 7) is 0. The Morgan fingerprint density at radius 1 is 1.09 bits per heavy atom. The molecule has 1 saturated heterocycles. The van der Waals surface area contributed by atoms with E-state index in [9.17, 15) is 9.59 Å². The van der Waals surface area contributed by atoms with Crippen LogP contribution in [-0.2, 0) is 16.0 Å². The number of benzene rings is 2. The SMILES string of the molecule is O=C(Cc1ccccc1)NN1C(=O)CSC1c1ccccc1. The summed E-state index contributed by atoms with van der Waals surface area (Å²) in [4.78, 5) is 24.2. The van der Waals surface area contributed by atoms with E-state index in [2.05, 4.69) is 5.43 Å². The van der Waals surface area contributed by atoms with Crippen LogP contribution in [0.15, 0.2) is 60.7 Å². The summed E-state index contributed by atoms with van der Waals surface area (Å²) in [7, 11) is 0. The Balaban J connectivity index is 1.69. The van der Waals surface area contributed by atoms with Gasteiger partial charge in [0, 0.05) is 0 Å². The zero-order valence-electron chi connectivity index (χ0n) is 11.9. The highest BCUT2D eigenvalue weighted by molar-refractivity contribution is 8.00. The molecule has 0 aliphatic carbocycles. The molecule has 0 aromatic heterocycles. The van der Waals surface area contributed by atoms with Gasteiger partial charge in [0.05, 0.1) is 12.2 Å². The van der Waals surface area contributed by atoms with Gasteiger partial charge in [-0.1, -0.05) is 60.7 Å². The lowest BCUT2D eigenvalue weighted by molar-refractivity contribution is -0.139. The van der Waals surface area contributed by atoms with E-state index in [0.29, 0.717) is 5.75 Å². The summed E-state index contributed by atoms with van der Waals surface area (Å²) in [6.07, 6.45) is 0.261. The average Bonchev–Trinajstić information content (AvgIpc) is 2.90. The van der Waals surface area contributed by atoms with Gasteiger partial charge in [-0.3, -0.25) is 15.0 Å². The van der Waals surface area contributed by atoms with Crippen LogP contribution in [0, 0.1) is 0 Å². The average molecular weight is 312 g/mol. The maximum atomic E-state index is 12.2. The monoisotopic (exact) mass is 312 g/mol. The maximum absolute atomic E-state index is 12.2. The van der Waals surface area contributed by atoms with Crippen LogP contribution in [0.3, 0.4) is 0 Å². The molecule has 1 heterocycles. The molecule has 0 radical (unpaired) electrons. The van der Waals surface area contributed by atoms with Crippen LogP contribution in [-0.4, -0.2) is 22.6 Å². The van der Waals surface area contributed by atoms with Crippen molar-refractivity contribution in [3.8, 4) is 0 Å². The molecule has 1 fully saturated rings. The first-order valence-corrected chi connectivity index (χ1v) is 8.11. The van der Waals surface area contributed by atoms with E-state index in [4.69, 9.17) is 0 Å². The largest absolute Gasteiger partial charge is 0.273 e. The van der Waals surface area contributed by atoms with Crippen molar-refractivity contribution in [1.29, 1.82) is 0 Å². The van der Waals surface area contributed by atoms with E-state index in [-0.39, 0.29) is 23.6 Å². The first-order chi connectivity index (χ1) is 10.7. The molecule has 4 nitrogen and oxygen atoms in total. The summed E-state index contributed by atoms with van der Waals surface area (Å²) in [5.74, 6) is 0.133. The lowest BCUT2D eigenvalue weighted by atomic mass is 10.1. The highest BCUT2D eigenvalue weighted by Crippen LogP contribution is 2.36. The van der Waals surface area contributed by atoms with Crippen LogP contribution < -0.4 is 5.43 Å². The summed E-state index contributed by atoms with van der Waals surface area (Å²) in [5.41, 5.74) is 4.69. The second kappa shape index (κ2) is 6.66. The fourth-order valence-corrected chi connectivity index (χ4v) is 3.47. The topological polar surface area (TPSA) is 49.4 Å². The van der Waals surface area contributed by atoms with Gasteiger partial charge in [0.15, 0.2) is 0 Å². The van der Waals surface area contributed by atoms with Gasteiger partial charge >= 0.3 is 0 Å². The number of thioether (sulfide) groups is 1. The first-order valence-electron chi connectivity index (χ1n) is 7.06. The Kier molecular flexibility index (Phi) is 4.44. The number of carbonyl (C=O) groups is 2. The number of carbonyl (C=O) groups excluding carboxylic acids is 2. The van der Waals surface area contributed by atoms with Gasteiger partial charge in [-0.05, 0) is 11.1 Å². The highest BCUT2D eigenvalue weighted by Gasteiger charge is 2.34. The van der Waals surface area contributed by atoms with Gasteiger partial charge in [0.25, 0.3) is 5.91 Å². The maximum Gasteiger partial charge on any atom is 0.252 e. The van der Waals surface area contributed by atoms with Crippen molar-refractivity contribution >= 4 is 23.6 Å². The molecule has 5 heteroatoms. The normalized spacial score (nSPS) is 17.5. The fraction of sp³-hybridized carbons (Fsp3) is 0.176. The van der Waals surface area contributed by atoms with Gasteiger partial charge in [-0.15, -0.1) is 11.8 Å². The van der Waals surface area contributed by atoms with Gasteiger partial charge in [-0.25, -0.2) is 5.01 Å². The minimum atomic E-state index is -0.178. The fourth-order valence-electron chi connectivity index (χ4n) is 2.36. The minimum absolute atomic E-state index is 0.0692. The van der Waals surface area contributed by atoms with Gasteiger partial charge in [0.1, 0.15) is 5.37 Å². The Labute approximate surface area is 133 Å². The summed E-state index contributed by atoms with van der Waals surface area (Å²) in [6, 6.07) is 19.2. The van der Waals surface area contributed by atoms with Crippen molar-refractivity contribution < 1.29 is 9.59 Å². The predicted octanol–water partition coefficient (Wildman–Crippen LogP) is 2.53. The van der Waals surface area contributed by atoms with Gasteiger partial charge in [-0.2, -0.15) is 0 Å². The van der Waals surface area contributed by atoms with Crippen LogP contribution in [0.4, 0.5) is 0 Å². The predicted molar refractivity (Wildman–Crippen MR) is 86.8 cm³/mol. The smallest absolute Gasteiger partial charge is 0.252 e. The molecule has 1 unspecified atom stereocenters. The number of amides is 2. The molecule has 0 spiro atoms. The van der Waals surface area contributed by atoms with E-state index in [1.807, 2.05) is 60.7 Å². The molecule has 3 rings (SSSR count). The third kappa shape index (κ3) is 3.31. The molecule has 2 aromatic carbocycles. The number of nitrogens with one attached hydrogen (secondary N) is 1. The number of hydrogen-bond donors (Lipinski definition) is 1. The van der Waals surface area contributed by atoms with Crippen molar-refractivity contribution in [2.24, 2.45) is 0 Å². The molecular weight excluding hydrogens is 296 g/mol. The Morgan fingerprint density at radius 2 is 1.73 bits per heavy atom. The molecule has 2 aromatic rings. The van der Waals surface area contributed by atoms with Crippen LogP contribution in [0.25, 0.3) is 0 Å². The number of hydrazine groups is 1. The second-order valence-corrected chi connectivity index (χ2v) is 6.10. The molecule has 22 heavy (non-hydrogen) atoms.